The Balaban J connectivity index is 0.00000324. The molecule has 7 heteroatoms. The second-order valence-corrected chi connectivity index (χ2v) is 10.0. The maximum atomic E-state index is 10.9. The van der Waals surface area contributed by atoms with Crippen molar-refractivity contribution in [3.05, 3.63) is 62.6 Å². The molecule has 1 spiro atoms. The van der Waals surface area contributed by atoms with Crippen molar-refractivity contribution in [3.63, 3.8) is 0 Å². The lowest BCUT2D eigenvalue weighted by Gasteiger charge is -2.38. The van der Waals surface area contributed by atoms with E-state index in [1.165, 1.54) is 11.1 Å². The number of aryl methyl sites for hydroxylation is 1. The maximum absolute atomic E-state index is 10.9. The Morgan fingerprint density at radius 3 is 2.50 bits per heavy atom. The van der Waals surface area contributed by atoms with E-state index >= 15 is 0 Å². The van der Waals surface area contributed by atoms with Crippen LogP contribution in [0.15, 0.2) is 30.3 Å². The predicted octanol–water partition coefficient (Wildman–Crippen LogP) is 7.13. The Kier molecular flexibility index (Phi) is 9.34. The van der Waals surface area contributed by atoms with E-state index in [2.05, 4.69) is 30.0 Å². The van der Waals surface area contributed by atoms with Crippen molar-refractivity contribution >= 4 is 53.7 Å². The molecule has 184 valence electrons. The lowest BCUT2D eigenvalue weighted by atomic mass is 9.74. The summed E-state index contributed by atoms with van der Waals surface area (Å²) >= 11 is 13.1. The number of piperidine rings is 1. The molecule has 0 bridgehead atoms. The van der Waals surface area contributed by atoms with Crippen LogP contribution in [0.4, 0.5) is 0 Å². The van der Waals surface area contributed by atoms with Gasteiger partial charge < -0.3 is 14.7 Å². The molecular formula is C27H32Cl3NO3. The summed E-state index contributed by atoms with van der Waals surface area (Å²) < 4.78 is 6.12. The highest BCUT2D eigenvalue weighted by Crippen LogP contribution is 2.46. The molecule has 2 aliphatic rings. The molecule has 4 rings (SSSR count). The highest BCUT2D eigenvalue weighted by atomic mass is 35.5. The summed E-state index contributed by atoms with van der Waals surface area (Å²) in [5.41, 5.74) is 4.37. The van der Waals surface area contributed by atoms with E-state index in [0.717, 1.165) is 62.1 Å². The van der Waals surface area contributed by atoms with Gasteiger partial charge in [0.15, 0.2) is 0 Å². The van der Waals surface area contributed by atoms with E-state index < -0.39 is 5.97 Å². The molecule has 0 unspecified atom stereocenters. The molecule has 0 saturated carbocycles. The number of hydrogen-bond acceptors (Lipinski definition) is 3. The third-order valence-corrected chi connectivity index (χ3v) is 7.56. The van der Waals surface area contributed by atoms with Crippen molar-refractivity contribution in [2.75, 3.05) is 26.2 Å². The molecule has 2 aromatic rings. The summed E-state index contributed by atoms with van der Waals surface area (Å²) in [6, 6.07) is 10.4. The van der Waals surface area contributed by atoms with Crippen molar-refractivity contribution in [3.8, 4) is 5.75 Å². The normalized spacial score (nSPS) is 16.9. The number of nitrogens with zero attached hydrogens (tertiary/aromatic N) is 1. The fourth-order valence-corrected chi connectivity index (χ4v) is 5.52. The van der Waals surface area contributed by atoms with E-state index in [9.17, 15) is 4.79 Å². The van der Waals surface area contributed by atoms with Crippen LogP contribution >= 0.6 is 35.6 Å². The number of carboxylic acids is 1. The number of likely N-dealkylation sites (tertiary alicyclic amines) is 1. The Labute approximate surface area is 218 Å². The number of carboxylic acid groups (broad SMARTS) is 1. The molecule has 0 radical (unpaired) electrons. The van der Waals surface area contributed by atoms with E-state index in [1.54, 1.807) is 0 Å². The third kappa shape index (κ3) is 6.09. The van der Waals surface area contributed by atoms with Crippen LogP contribution in [0.3, 0.4) is 0 Å². The van der Waals surface area contributed by atoms with Gasteiger partial charge in [0.25, 0.3) is 0 Å². The minimum atomic E-state index is -0.736. The van der Waals surface area contributed by atoms with Crippen LogP contribution in [0.1, 0.15) is 61.3 Å². The van der Waals surface area contributed by atoms with Crippen LogP contribution in [0.2, 0.25) is 10.0 Å². The van der Waals surface area contributed by atoms with Crippen LogP contribution in [-0.2, 0) is 16.6 Å². The van der Waals surface area contributed by atoms with Gasteiger partial charge in [0.1, 0.15) is 5.75 Å². The van der Waals surface area contributed by atoms with Crippen LogP contribution in [0.25, 0.3) is 12.2 Å². The minimum Gasteiger partial charge on any atom is -0.492 e. The molecule has 0 aromatic heterocycles. The smallest absolute Gasteiger partial charge is 0.304 e. The van der Waals surface area contributed by atoms with E-state index in [4.69, 9.17) is 33.0 Å². The standard InChI is InChI=1S/C27H31Cl2NO3.ClH/c1-2-3-4-20-15-23(28)21(24(29)16-20)7-5-19-6-8-22-25(17-19)33-18-27(22)10-13-30(14-11-27)12-9-26(31)32;/h5-8,15-17H,2-4,9-14,18H2,1H3,(H,31,32);1H. The average molecular weight is 525 g/mol. The number of benzene rings is 2. The SMILES string of the molecule is CCCCc1cc(Cl)c(C=Cc2ccc3c(c2)OCC32CCN(CCC(=O)O)CC2)c(Cl)c1.Cl. The van der Waals surface area contributed by atoms with Gasteiger partial charge in [-0.05, 0) is 68.1 Å². The summed E-state index contributed by atoms with van der Waals surface area (Å²) in [5.74, 6) is 0.212. The third-order valence-electron chi connectivity index (χ3n) is 6.94. The zero-order valence-corrected chi connectivity index (χ0v) is 21.8. The molecular weight excluding hydrogens is 493 g/mol. The predicted molar refractivity (Wildman–Crippen MR) is 143 cm³/mol. The highest BCUT2D eigenvalue weighted by molar-refractivity contribution is 6.37. The Morgan fingerprint density at radius 2 is 1.85 bits per heavy atom. The Hall–Kier alpha value is -1.72. The molecule has 2 aliphatic heterocycles. The van der Waals surface area contributed by atoms with Crippen LogP contribution in [-0.4, -0.2) is 42.2 Å². The minimum absolute atomic E-state index is 0. The number of aliphatic carboxylic acids is 1. The van der Waals surface area contributed by atoms with Gasteiger partial charge in [0.2, 0.25) is 0 Å². The van der Waals surface area contributed by atoms with Crippen molar-refractivity contribution < 1.29 is 14.6 Å². The first-order chi connectivity index (χ1) is 15.9. The number of fused-ring (bicyclic) bond motifs is 2. The summed E-state index contributed by atoms with van der Waals surface area (Å²) in [5, 5.41) is 10.3. The summed E-state index contributed by atoms with van der Waals surface area (Å²) in [6.45, 7) is 5.30. The van der Waals surface area contributed by atoms with Crippen LogP contribution < -0.4 is 4.74 Å². The van der Waals surface area contributed by atoms with Crippen LogP contribution in [0.5, 0.6) is 5.75 Å². The van der Waals surface area contributed by atoms with E-state index in [0.29, 0.717) is 23.2 Å². The second-order valence-electron chi connectivity index (χ2n) is 9.22. The van der Waals surface area contributed by atoms with Gasteiger partial charge in [-0.15, -0.1) is 12.4 Å². The van der Waals surface area contributed by atoms with E-state index in [1.807, 2.05) is 24.3 Å². The number of carbonyl (C=O) groups is 1. The molecule has 1 fully saturated rings. The van der Waals surface area contributed by atoms with Gasteiger partial charge in [-0.25, -0.2) is 0 Å². The molecule has 1 saturated heterocycles. The topological polar surface area (TPSA) is 49.8 Å². The first kappa shape index (κ1) is 26.9. The lowest BCUT2D eigenvalue weighted by molar-refractivity contribution is -0.137. The number of ether oxygens (including phenoxy) is 1. The number of halogens is 3. The fraction of sp³-hybridized carbons (Fsp3) is 0.444. The molecule has 0 amide bonds. The lowest BCUT2D eigenvalue weighted by Crippen LogP contribution is -2.44. The zero-order valence-electron chi connectivity index (χ0n) is 19.5. The van der Waals surface area contributed by atoms with Crippen molar-refractivity contribution in [2.24, 2.45) is 0 Å². The molecule has 2 heterocycles. The molecule has 4 nitrogen and oxygen atoms in total. The summed E-state index contributed by atoms with van der Waals surface area (Å²) in [6.07, 6.45) is 9.44. The first-order valence-corrected chi connectivity index (χ1v) is 12.5. The van der Waals surface area contributed by atoms with Gasteiger partial charge in [-0.3, -0.25) is 4.79 Å². The Bertz CT molecular complexity index is 1020. The highest BCUT2D eigenvalue weighted by Gasteiger charge is 2.42. The summed E-state index contributed by atoms with van der Waals surface area (Å²) in [7, 11) is 0. The molecule has 0 aliphatic carbocycles. The van der Waals surface area contributed by atoms with Crippen LogP contribution in [0, 0.1) is 0 Å². The van der Waals surface area contributed by atoms with Gasteiger partial charge in [0.05, 0.1) is 13.0 Å². The maximum Gasteiger partial charge on any atom is 0.304 e. The van der Waals surface area contributed by atoms with Gasteiger partial charge >= 0.3 is 5.97 Å². The van der Waals surface area contributed by atoms with E-state index in [-0.39, 0.29) is 24.2 Å². The average Bonchev–Trinajstić information content (AvgIpc) is 3.14. The second kappa shape index (κ2) is 11.8. The van der Waals surface area contributed by atoms with Crippen molar-refractivity contribution in [1.82, 2.24) is 4.90 Å². The van der Waals surface area contributed by atoms with Crippen molar-refractivity contribution in [2.45, 2.75) is 50.9 Å². The molecule has 0 atom stereocenters. The van der Waals surface area contributed by atoms with Gasteiger partial charge in [-0.2, -0.15) is 0 Å². The van der Waals surface area contributed by atoms with Gasteiger partial charge in [-0.1, -0.05) is 60.8 Å². The zero-order chi connectivity index (χ0) is 23.4. The quantitative estimate of drug-likeness (QED) is 0.373. The number of unbranched alkanes of at least 4 members (excludes halogenated alkanes) is 1. The molecule has 34 heavy (non-hydrogen) atoms. The number of hydrogen-bond donors (Lipinski definition) is 1. The first-order valence-electron chi connectivity index (χ1n) is 11.8. The molecule has 2 aromatic carbocycles. The monoisotopic (exact) mass is 523 g/mol. The van der Waals surface area contributed by atoms with Crippen molar-refractivity contribution in [1.29, 1.82) is 0 Å². The Morgan fingerprint density at radius 1 is 1.15 bits per heavy atom. The summed E-state index contributed by atoms with van der Waals surface area (Å²) in [4.78, 5) is 13.1. The largest absolute Gasteiger partial charge is 0.492 e. The molecule has 1 N–H and O–H groups in total. The van der Waals surface area contributed by atoms with Gasteiger partial charge in [0, 0.05) is 33.1 Å². The fourth-order valence-electron chi connectivity index (χ4n) is 4.87. The number of rotatable bonds is 8.